The number of sulfonamides is 1. The van der Waals surface area contributed by atoms with Crippen LogP contribution in [0.5, 0.6) is 0 Å². The molecule has 0 bridgehead atoms. The first kappa shape index (κ1) is 17.8. The third-order valence-electron chi connectivity index (χ3n) is 2.74. The van der Waals surface area contributed by atoms with Crippen molar-refractivity contribution in [2.24, 2.45) is 11.8 Å². The molecule has 0 aromatic carbocycles. The van der Waals surface area contributed by atoms with Crippen molar-refractivity contribution < 1.29 is 18.1 Å². The molecule has 1 unspecified atom stereocenters. The lowest BCUT2D eigenvalue weighted by Crippen LogP contribution is -2.41. The summed E-state index contributed by atoms with van der Waals surface area (Å²) < 4.78 is 31.8. The Hall–Kier alpha value is -1.27. The second kappa shape index (κ2) is 7.13. The highest BCUT2D eigenvalue weighted by molar-refractivity contribution is 7.91. The summed E-state index contributed by atoms with van der Waals surface area (Å²) in [6.07, 6.45) is 0. The summed E-state index contributed by atoms with van der Waals surface area (Å²) in [5.41, 5.74) is 1.75. The Balaban J connectivity index is 3.10. The monoisotopic (exact) mass is 338 g/mol. The second-order valence-electron chi connectivity index (χ2n) is 4.61. The molecule has 0 saturated carbocycles. The molecule has 21 heavy (non-hydrogen) atoms. The van der Waals surface area contributed by atoms with Crippen LogP contribution < -0.4 is 16.0 Å². The van der Waals surface area contributed by atoms with E-state index in [4.69, 9.17) is 10.6 Å². The van der Waals surface area contributed by atoms with Gasteiger partial charge in [0.1, 0.15) is 4.21 Å². The molecule has 0 amide bonds. The van der Waals surface area contributed by atoms with Crippen LogP contribution in [0.4, 0.5) is 10.7 Å². The lowest BCUT2D eigenvalue weighted by molar-refractivity contribution is -0.383. The van der Waals surface area contributed by atoms with Gasteiger partial charge in [-0.3, -0.25) is 10.1 Å². The molecule has 9 nitrogen and oxygen atoms in total. The first-order valence-electron chi connectivity index (χ1n) is 5.99. The molecule has 1 aromatic rings. The van der Waals surface area contributed by atoms with Gasteiger partial charge in [0.15, 0.2) is 5.00 Å². The van der Waals surface area contributed by atoms with E-state index in [-0.39, 0.29) is 27.4 Å². The Kier molecular flexibility index (Phi) is 6.04. The molecule has 1 atom stereocenters. The average Bonchev–Trinajstić information content (AvgIpc) is 2.83. The van der Waals surface area contributed by atoms with E-state index in [0.29, 0.717) is 11.3 Å². The Labute approximate surface area is 126 Å². The smallest absolute Gasteiger partial charge is 0.306 e. The van der Waals surface area contributed by atoms with Crippen LogP contribution >= 0.6 is 11.3 Å². The number of rotatable bonds is 8. The van der Waals surface area contributed by atoms with E-state index in [2.05, 4.69) is 10.1 Å². The molecule has 1 heterocycles. The van der Waals surface area contributed by atoms with Crippen molar-refractivity contribution in [3.8, 4) is 0 Å². The van der Waals surface area contributed by atoms with Crippen molar-refractivity contribution in [3.63, 3.8) is 0 Å². The molecule has 1 rings (SSSR count). The van der Waals surface area contributed by atoms with E-state index in [9.17, 15) is 18.5 Å². The molecule has 0 saturated heterocycles. The van der Waals surface area contributed by atoms with Gasteiger partial charge < -0.3 is 10.2 Å². The summed E-state index contributed by atoms with van der Waals surface area (Å²) >= 11 is 0.698. The lowest BCUT2D eigenvalue weighted by atomic mass is 10.1. The molecule has 0 aliphatic heterocycles. The molecule has 120 valence electrons. The van der Waals surface area contributed by atoms with Gasteiger partial charge in [-0.1, -0.05) is 25.2 Å². The number of thiophene rings is 1. The summed E-state index contributed by atoms with van der Waals surface area (Å²) in [6.45, 7) is 3.89. The fraction of sp³-hybridized carbons (Fsp3) is 0.600. The van der Waals surface area contributed by atoms with Crippen LogP contribution in [0.2, 0.25) is 0 Å². The van der Waals surface area contributed by atoms with Gasteiger partial charge in [0, 0.05) is 19.2 Å². The number of hydrogen-bond acceptors (Lipinski definition) is 8. The Bertz CT molecular complexity index is 599. The summed E-state index contributed by atoms with van der Waals surface area (Å²) in [5.74, 6) is 5.16. The molecule has 4 N–H and O–H groups in total. The number of ether oxygens (including phenoxy) is 1. The zero-order valence-corrected chi connectivity index (χ0v) is 13.5. The van der Waals surface area contributed by atoms with E-state index < -0.39 is 21.0 Å². The van der Waals surface area contributed by atoms with Crippen LogP contribution in [0.3, 0.4) is 0 Å². The number of nitrogens with one attached hydrogen (secondary N) is 2. The molecule has 0 fully saturated rings. The first-order valence-corrected chi connectivity index (χ1v) is 8.29. The van der Waals surface area contributed by atoms with E-state index in [1.165, 1.54) is 7.11 Å². The van der Waals surface area contributed by atoms with Crippen molar-refractivity contribution in [3.05, 3.63) is 16.2 Å². The number of nitrogens with two attached hydrogens (primary N) is 1. The van der Waals surface area contributed by atoms with Gasteiger partial charge in [-0.25, -0.2) is 19.0 Å². The third-order valence-corrected chi connectivity index (χ3v) is 5.76. The fourth-order valence-corrected chi connectivity index (χ4v) is 4.15. The molecule has 0 aliphatic rings. The number of anilines is 1. The van der Waals surface area contributed by atoms with Gasteiger partial charge in [0.2, 0.25) is 0 Å². The third kappa shape index (κ3) is 4.35. The normalized spacial score (nSPS) is 13.4. The van der Waals surface area contributed by atoms with Crippen LogP contribution in [0.25, 0.3) is 0 Å². The lowest BCUT2D eigenvalue weighted by Gasteiger charge is -2.20. The van der Waals surface area contributed by atoms with Crippen molar-refractivity contribution in [2.75, 3.05) is 19.1 Å². The summed E-state index contributed by atoms with van der Waals surface area (Å²) in [4.78, 5) is 10.1. The minimum Gasteiger partial charge on any atom is -0.383 e. The van der Waals surface area contributed by atoms with Gasteiger partial charge in [-0.05, 0) is 5.92 Å². The minimum absolute atomic E-state index is 0.00165. The van der Waals surface area contributed by atoms with Crippen molar-refractivity contribution in [2.45, 2.75) is 24.1 Å². The quantitative estimate of drug-likeness (QED) is 0.364. The van der Waals surface area contributed by atoms with Crippen molar-refractivity contribution in [1.82, 2.24) is 4.72 Å². The highest BCUT2D eigenvalue weighted by atomic mass is 32.2. The average molecular weight is 338 g/mol. The fourth-order valence-electron chi connectivity index (χ4n) is 1.53. The highest BCUT2D eigenvalue weighted by Gasteiger charge is 2.28. The van der Waals surface area contributed by atoms with Crippen LogP contribution in [-0.4, -0.2) is 33.1 Å². The van der Waals surface area contributed by atoms with E-state index in [1.54, 1.807) is 0 Å². The zero-order chi connectivity index (χ0) is 16.2. The summed E-state index contributed by atoms with van der Waals surface area (Å²) in [7, 11) is -2.42. The van der Waals surface area contributed by atoms with Gasteiger partial charge in [0.25, 0.3) is 10.0 Å². The maximum Gasteiger partial charge on any atom is 0.306 e. The highest BCUT2D eigenvalue weighted by Crippen LogP contribution is 2.36. The van der Waals surface area contributed by atoms with E-state index in [1.807, 2.05) is 13.8 Å². The van der Waals surface area contributed by atoms with Crippen molar-refractivity contribution >= 4 is 32.0 Å². The number of hydrogen-bond donors (Lipinski definition) is 3. The predicted octanol–water partition coefficient (Wildman–Crippen LogP) is 0.891. The van der Waals surface area contributed by atoms with Gasteiger partial charge in [-0.15, -0.1) is 0 Å². The first-order chi connectivity index (χ1) is 9.72. The molecule has 0 spiro atoms. The minimum atomic E-state index is -3.88. The van der Waals surface area contributed by atoms with Crippen LogP contribution in [-0.2, 0) is 14.8 Å². The number of nitro groups is 1. The number of nitrogens with zero attached hydrogens (tertiary/aromatic N) is 1. The van der Waals surface area contributed by atoms with E-state index >= 15 is 0 Å². The molecule has 0 radical (unpaired) electrons. The molecule has 0 aliphatic carbocycles. The summed E-state index contributed by atoms with van der Waals surface area (Å²) in [5, 5.41) is 10.8. The molecule has 11 heteroatoms. The topological polar surface area (TPSA) is 137 Å². The van der Waals surface area contributed by atoms with Gasteiger partial charge >= 0.3 is 5.69 Å². The van der Waals surface area contributed by atoms with Crippen LogP contribution in [0, 0.1) is 16.0 Å². The van der Waals surface area contributed by atoms with Gasteiger partial charge in [0.05, 0.1) is 11.5 Å². The van der Waals surface area contributed by atoms with Crippen molar-refractivity contribution in [1.29, 1.82) is 0 Å². The standard InChI is InChI=1S/C10H18N4O5S2/c1-6(2)7(5-19-3)13-21(17,18)9-4-8(14(15)16)10(12-11)20-9/h4,6-7,12-13H,5,11H2,1-3H3. The van der Waals surface area contributed by atoms with Crippen LogP contribution in [0.15, 0.2) is 10.3 Å². The Morgan fingerprint density at radius 3 is 2.52 bits per heavy atom. The number of methoxy groups -OCH3 is 1. The van der Waals surface area contributed by atoms with Crippen LogP contribution in [0.1, 0.15) is 13.8 Å². The molecular weight excluding hydrogens is 320 g/mol. The number of nitrogen functional groups attached to an aromatic ring is 1. The number of hydrazine groups is 1. The second-order valence-corrected chi connectivity index (χ2v) is 7.60. The molecular formula is C10H18N4O5S2. The maximum atomic E-state index is 12.3. The maximum absolute atomic E-state index is 12.3. The Morgan fingerprint density at radius 1 is 1.52 bits per heavy atom. The van der Waals surface area contributed by atoms with Gasteiger partial charge in [-0.2, -0.15) is 0 Å². The predicted molar refractivity (Wildman–Crippen MR) is 79.6 cm³/mol. The largest absolute Gasteiger partial charge is 0.383 e. The Morgan fingerprint density at radius 2 is 2.14 bits per heavy atom. The summed E-state index contributed by atoms with van der Waals surface area (Å²) in [6, 6.07) is 0.544. The SMILES string of the molecule is COCC(NS(=O)(=O)c1cc([N+](=O)[O-])c(NN)s1)C(C)C. The van der Waals surface area contributed by atoms with E-state index in [0.717, 1.165) is 6.07 Å². The zero-order valence-electron chi connectivity index (χ0n) is 11.8. The molecule has 1 aromatic heterocycles.